The third-order valence-electron chi connectivity index (χ3n) is 22.7. The summed E-state index contributed by atoms with van der Waals surface area (Å²) in [7, 11) is -9.07. The van der Waals surface area contributed by atoms with Crippen LogP contribution in [-0.2, 0) is 112 Å². The predicted molar refractivity (Wildman–Crippen MR) is 541 cm³/mol. The lowest BCUT2D eigenvalue weighted by Gasteiger charge is -2.15. The first-order chi connectivity index (χ1) is 67.5. The van der Waals surface area contributed by atoms with E-state index in [9.17, 15) is 25.2 Å². The van der Waals surface area contributed by atoms with E-state index in [1.807, 2.05) is 0 Å². The van der Waals surface area contributed by atoms with Gasteiger partial charge in [-0.05, 0) is 166 Å². The van der Waals surface area contributed by atoms with Gasteiger partial charge in [0, 0.05) is 83.1 Å². The van der Waals surface area contributed by atoms with Crippen molar-refractivity contribution in [3.8, 4) is 0 Å². The van der Waals surface area contributed by atoms with Gasteiger partial charge in [0.25, 0.3) is 69.9 Å². The SMILES string of the molecule is Cc1n(C(C)C)cc[n+]1C.Cc1n(C(C)C)cc[n+]1C.Cc1n(C(C)C)cc[n+]1C.Cc1n(C(C)C)cc[n+]1C.Cc1n(C(C)C)cc[n+]1C.Cc1n(C(C)C)cc[n+]1C.Cc1n(C(C)C)cc[n+]1C.Cc1n(C(C)C)cc[n+]1C.Cc1n(C(C)C)cc[n+]1C.Cc1n(C(C)C)cc[n+]1C.Cc1n(C(C)C)cc[n+]1C.Cc1n(C(C)C)cc[n+]1C.O=P([O-])([O-])F.O=P([O-])([O-])F.O=P([O-])([O-])F.O=P([O-])([O-])F.O=P([O-])([O-])F.O=P([O-])([O-])F. The fraction of sp³-hybridized carbons (Fsp3) is 0.625. The van der Waals surface area contributed by atoms with E-state index in [4.69, 9.17) is 86.1 Å². The predicted octanol–water partition coefficient (Wildman–Crippen LogP) is 7.13. The molecule has 0 unspecified atom stereocenters. The van der Waals surface area contributed by atoms with Crippen LogP contribution in [0.1, 0.15) is 309 Å². The Morgan fingerprint density at radius 2 is 0.193 bits per heavy atom. The van der Waals surface area contributed by atoms with E-state index in [1.165, 1.54) is 69.9 Å². The van der Waals surface area contributed by atoms with Crippen LogP contribution >= 0.6 is 47.4 Å². The molecule has 0 spiro atoms. The number of hydrogen-bond acceptors (Lipinski definition) is 18. The van der Waals surface area contributed by atoms with Gasteiger partial charge in [0.1, 0.15) is 196 Å². The second-order valence-electron chi connectivity index (χ2n) is 38.1. The summed E-state index contributed by atoms with van der Waals surface area (Å²) in [5.74, 6) is 15.6. The van der Waals surface area contributed by atoms with Crippen LogP contribution in [0.25, 0.3) is 0 Å². The van der Waals surface area contributed by atoms with Crippen molar-refractivity contribution in [2.24, 2.45) is 84.6 Å². The standard InChI is InChI=1S/12C8H15N2.6FH2O3P/c12*1-7(2)10-6-5-9(4)8(10)3;6*1-5(2,3)4/h12*5-7H,1-4H3;6*(H2,2,3,4)/q12*+1;;;;;;/p-12. The van der Waals surface area contributed by atoms with Crippen molar-refractivity contribution in [1.29, 1.82) is 0 Å². The van der Waals surface area contributed by atoms with Crippen LogP contribution in [-0.4, -0.2) is 54.8 Å². The Morgan fingerprint density at radius 1 is 0.153 bits per heavy atom. The summed E-state index contributed by atoms with van der Waals surface area (Å²) in [6, 6.07) is 6.85. The van der Waals surface area contributed by atoms with Gasteiger partial charge in [0.2, 0.25) is 0 Å². The molecule has 12 aromatic rings. The Kier molecular flexibility index (Phi) is 71.9. The number of nitrogens with zero attached hydrogens (tertiary/aromatic N) is 24. The normalized spacial score (nSPS) is 11.1. The van der Waals surface area contributed by atoms with Gasteiger partial charge in [-0.1, -0.05) is 0 Å². The van der Waals surface area contributed by atoms with E-state index in [0.29, 0.717) is 72.5 Å². The summed E-state index contributed by atoms with van der Waals surface area (Å²) < 4.78 is 164. The Morgan fingerprint density at radius 3 is 0.207 bits per heavy atom. The second-order valence-corrected chi connectivity index (χ2v) is 43.2. The highest BCUT2D eigenvalue weighted by Gasteiger charge is 2.20. The average Bonchev–Trinajstić information content (AvgIpc) is 1.81. The average molecular weight is 2260 g/mol. The van der Waals surface area contributed by atoms with Gasteiger partial charge in [-0.2, -0.15) is 0 Å². The molecule has 0 bridgehead atoms. The summed E-state index contributed by atoms with van der Waals surface area (Å²) in [6.07, 6.45) is 50.3. The molecular formula is C96H180F6N24O18P6. The molecule has 0 atom stereocenters. The summed E-state index contributed by atoms with van der Waals surface area (Å²) in [6.45, 7) is 78.0. The summed E-state index contributed by atoms with van der Waals surface area (Å²) in [5.41, 5.74) is 0. The second kappa shape index (κ2) is 71.1. The summed E-state index contributed by atoms with van der Waals surface area (Å²) >= 11 is 0. The lowest BCUT2D eigenvalue weighted by molar-refractivity contribution is -0.677. The van der Waals surface area contributed by atoms with Gasteiger partial charge in [-0.3, -0.25) is 0 Å². The van der Waals surface area contributed by atoms with E-state index >= 15 is 0 Å². The number of rotatable bonds is 12. The van der Waals surface area contributed by atoms with Gasteiger partial charge >= 0.3 is 0 Å². The third kappa shape index (κ3) is 69.6. The Balaban J connectivity index is -0.000000368. The van der Waals surface area contributed by atoms with E-state index in [1.54, 1.807) is 0 Å². The first-order valence-electron chi connectivity index (χ1n) is 48.2. The molecule has 12 rings (SSSR count). The van der Waals surface area contributed by atoms with Gasteiger partial charge in [0.15, 0.2) is 0 Å². The number of hydrogen-bond donors (Lipinski definition) is 0. The molecule has 0 N–H and O–H groups in total. The van der Waals surface area contributed by atoms with Crippen LogP contribution in [0.2, 0.25) is 0 Å². The number of halogens is 6. The topological polar surface area (TPSA) is 485 Å². The van der Waals surface area contributed by atoms with Crippen LogP contribution in [0.5, 0.6) is 0 Å². The van der Waals surface area contributed by atoms with Crippen molar-refractivity contribution >= 4 is 47.4 Å². The van der Waals surface area contributed by atoms with Crippen molar-refractivity contribution in [1.82, 2.24) is 54.8 Å². The highest BCUT2D eigenvalue weighted by atomic mass is 31.2. The minimum absolute atomic E-state index is 0.571. The Labute approximate surface area is 888 Å². The lowest BCUT2D eigenvalue weighted by Crippen LogP contribution is -2.29. The first kappa shape index (κ1) is 152. The Hall–Kier alpha value is -9.00. The van der Waals surface area contributed by atoms with E-state index in [2.05, 4.69) is 592 Å². The highest BCUT2D eigenvalue weighted by molar-refractivity contribution is 7.43. The molecule has 54 heteroatoms. The smallest absolute Gasteiger partial charge is 0.253 e. The molecule has 0 aliphatic carbocycles. The molecular weight excluding hydrogens is 2080 g/mol. The van der Waals surface area contributed by atoms with E-state index in [0.717, 1.165) is 0 Å². The molecule has 0 aliphatic rings. The largest absolute Gasteiger partial charge is 0.786 e. The molecule has 0 saturated heterocycles. The van der Waals surface area contributed by atoms with Crippen LogP contribution in [0, 0.1) is 83.1 Å². The Bertz CT molecular complexity index is 4810. The zero-order valence-corrected chi connectivity index (χ0v) is 103. The van der Waals surface area contributed by atoms with E-state index in [-0.39, 0.29) is 0 Å². The fourth-order valence-corrected chi connectivity index (χ4v) is 13.4. The molecule has 0 amide bonds. The number of imidazole rings is 12. The van der Waals surface area contributed by atoms with Crippen LogP contribution in [0.15, 0.2) is 149 Å². The third-order valence-corrected chi connectivity index (χ3v) is 22.7. The molecule has 864 valence electrons. The van der Waals surface area contributed by atoms with Gasteiger partial charge in [0.05, 0.1) is 157 Å². The van der Waals surface area contributed by atoms with Crippen molar-refractivity contribution in [2.45, 2.75) is 322 Å². The molecule has 150 heavy (non-hydrogen) atoms. The van der Waals surface area contributed by atoms with Crippen LogP contribution in [0.4, 0.5) is 25.2 Å². The lowest BCUT2D eigenvalue weighted by atomic mass is 10.4. The molecule has 0 fully saturated rings. The molecule has 0 aliphatic heterocycles. The fourth-order valence-electron chi connectivity index (χ4n) is 13.4. The minimum Gasteiger partial charge on any atom is -0.786 e. The maximum Gasteiger partial charge on any atom is 0.253 e. The van der Waals surface area contributed by atoms with Crippen molar-refractivity contribution in [3.05, 3.63) is 219 Å². The van der Waals surface area contributed by atoms with Crippen molar-refractivity contribution in [3.63, 3.8) is 0 Å². The zero-order valence-electron chi connectivity index (χ0n) is 97.8. The molecule has 0 aromatic carbocycles. The molecule has 12 aromatic heterocycles. The van der Waals surface area contributed by atoms with Gasteiger partial charge < -0.3 is 86.1 Å². The highest BCUT2D eigenvalue weighted by Crippen LogP contribution is 2.26. The quantitative estimate of drug-likeness (QED) is 0.0666. The van der Waals surface area contributed by atoms with Crippen molar-refractivity contribution < 1.29 is 166 Å². The van der Waals surface area contributed by atoms with Crippen LogP contribution in [0.3, 0.4) is 0 Å². The maximum absolute atomic E-state index is 10.1. The monoisotopic (exact) mass is 2260 g/mol. The van der Waals surface area contributed by atoms with Gasteiger partial charge in [-0.25, -0.2) is 135 Å². The zero-order chi connectivity index (χ0) is 120. The van der Waals surface area contributed by atoms with Gasteiger partial charge in [-0.15, -0.1) is 0 Å². The number of aryl methyl sites for hydroxylation is 12. The molecule has 42 nitrogen and oxygen atoms in total. The number of aromatic nitrogens is 24. The molecule has 0 radical (unpaired) electrons. The van der Waals surface area contributed by atoms with Crippen LogP contribution < -0.4 is 114 Å². The maximum atomic E-state index is 10.1. The van der Waals surface area contributed by atoms with Crippen molar-refractivity contribution in [2.75, 3.05) is 0 Å². The first-order valence-corrected chi connectivity index (χ1v) is 56.8. The summed E-state index contributed by atoms with van der Waals surface area (Å²) in [4.78, 5) is 101. The molecule has 12 heterocycles. The van der Waals surface area contributed by atoms with E-state index < -0.39 is 47.4 Å². The minimum atomic E-state index is -5.64. The summed E-state index contributed by atoms with van der Waals surface area (Å²) in [5, 5.41) is 0. The molecule has 0 saturated carbocycles.